The summed E-state index contributed by atoms with van der Waals surface area (Å²) in [6.07, 6.45) is 0. The molecule has 0 aliphatic carbocycles. The third kappa shape index (κ3) is 3.39. The molecule has 0 unspecified atom stereocenters. The van der Waals surface area contributed by atoms with E-state index in [0.717, 1.165) is 45.3 Å². The van der Waals surface area contributed by atoms with E-state index in [1.165, 1.54) is 0 Å². The lowest BCUT2D eigenvalue weighted by Gasteiger charge is -2.23. The maximum absolute atomic E-state index is 6.28. The SMILES string of the molecule is Clc1cccc(-c2nc(Nc3ccc4c(c3)OCCO4)nc3c2COc2ccccc2-3)c1. The summed E-state index contributed by atoms with van der Waals surface area (Å²) in [7, 11) is 0. The van der Waals surface area contributed by atoms with E-state index in [9.17, 15) is 0 Å². The largest absolute Gasteiger partial charge is 0.488 e. The highest BCUT2D eigenvalue weighted by Crippen LogP contribution is 2.41. The second-order valence-corrected chi connectivity index (χ2v) is 7.94. The Kier molecular flexibility index (Phi) is 4.58. The average Bonchev–Trinajstić information content (AvgIpc) is 2.83. The Morgan fingerprint density at radius 2 is 1.59 bits per heavy atom. The number of hydrogen-bond acceptors (Lipinski definition) is 6. The Morgan fingerprint density at radius 3 is 2.50 bits per heavy atom. The summed E-state index contributed by atoms with van der Waals surface area (Å²) in [6.45, 7) is 1.47. The Labute approximate surface area is 189 Å². The van der Waals surface area contributed by atoms with Crippen LogP contribution in [0.3, 0.4) is 0 Å². The highest BCUT2D eigenvalue weighted by Gasteiger charge is 2.24. The van der Waals surface area contributed by atoms with Crippen molar-refractivity contribution in [1.29, 1.82) is 0 Å². The van der Waals surface area contributed by atoms with E-state index in [-0.39, 0.29) is 0 Å². The number of hydrogen-bond donors (Lipinski definition) is 1. The van der Waals surface area contributed by atoms with E-state index >= 15 is 0 Å². The molecule has 0 saturated carbocycles. The van der Waals surface area contributed by atoms with Crippen LogP contribution in [0.15, 0.2) is 66.7 Å². The van der Waals surface area contributed by atoms with Crippen molar-refractivity contribution in [2.24, 2.45) is 0 Å². The van der Waals surface area contributed by atoms with Crippen LogP contribution in [0.5, 0.6) is 17.2 Å². The van der Waals surface area contributed by atoms with Gasteiger partial charge in [-0.05, 0) is 36.4 Å². The fraction of sp³-hybridized carbons (Fsp3) is 0.120. The van der Waals surface area contributed by atoms with Gasteiger partial charge in [0, 0.05) is 33.5 Å². The highest BCUT2D eigenvalue weighted by atomic mass is 35.5. The summed E-state index contributed by atoms with van der Waals surface area (Å²) >= 11 is 6.28. The van der Waals surface area contributed by atoms with Gasteiger partial charge >= 0.3 is 0 Å². The van der Waals surface area contributed by atoms with Crippen LogP contribution in [0.4, 0.5) is 11.6 Å². The number of nitrogens with one attached hydrogen (secondary N) is 1. The second-order valence-electron chi connectivity index (χ2n) is 7.50. The summed E-state index contributed by atoms with van der Waals surface area (Å²) in [4.78, 5) is 9.71. The Balaban J connectivity index is 1.48. The summed E-state index contributed by atoms with van der Waals surface area (Å²) in [5.41, 5.74) is 5.21. The van der Waals surface area contributed by atoms with Gasteiger partial charge in [-0.3, -0.25) is 0 Å². The molecule has 0 amide bonds. The molecule has 0 spiro atoms. The third-order valence-corrected chi connectivity index (χ3v) is 5.65. The molecule has 0 atom stereocenters. The molecule has 0 bridgehead atoms. The summed E-state index contributed by atoms with van der Waals surface area (Å²) in [5, 5.41) is 3.97. The first-order chi connectivity index (χ1) is 15.7. The van der Waals surface area contributed by atoms with Crippen molar-refractivity contribution < 1.29 is 14.2 Å². The fourth-order valence-electron chi connectivity index (χ4n) is 3.96. The number of nitrogens with zero attached hydrogens (tertiary/aromatic N) is 2. The van der Waals surface area contributed by atoms with Crippen molar-refractivity contribution in [3.63, 3.8) is 0 Å². The van der Waals surface area contributed by atoms with Gasteiger partial charge < -0.3 is 19.5 Å². The highest BCUT2D eigenvalue weighted by molar-refractivity contribution is 6.30. The smallest absolute Gasteiger partial charge is 0.228 e. The molecule has 0 saturated heterocycles. The van der Waals surface area contributed by atoms with E-state index in [1.54, 1.807) is 0 Å². The molecule has 3 aromatic carbocycles. The fourth-order valence-corrected chi connectivity index (χ4v) is 4.15. The van der Waals surface area contributed by atoms with Gasteiger partial charge in [0.15, 0.2) is 11.5 Å². The van der Waals surface area contributed by atoms with Crippen molar-refractivity contribution in [3.8, 4) is 39.8 Å². The molecule has 6 nitrogen and oxygen atoms in total. The minimum Gasteiger partial charge on any atom is -0.488 e. The van der Waals surface area contributed by atoms with Crippen molar-refractivity contribution in [1.82, 2.24) is 9.97 Å². The molecular weight excluding hydrogens is 426 g/mol. The molecule has 158 valence electrons. The number of aromatic nitrogens is 2. The van der Waals surface area contributed by atoms with Gasteiger partial charge in [0.1, 0.15) is 25.6 Å². The maximum Gasteiger partial charge on any atom is 0.228 e. The van der Waals surface area contributed by atoms with Crippen LogP contribution in [-0.4, -0.2) is 23.2 Å². The van der Waals surface area contributed by atoms with Crippen molar-refractivity contribution in [3.05, 3.63) is 77.3 Å². The van der Waals surface area contributed by atoms with Crippen molar-refractivity contribution in [2.75, 3.05) is 18.5 Å². The monoisotopic (exact) mass is 443 g/mol. The zero-order valence-electron chi connectivity index (χ0n) is 17.0. The van der Waals surface area contributed by atoms with E-state index in [0.29, 0.717) is 36.5 Å². The minimum atomic E-state index is 0.387. The Bertz CT molecular complexity index is 1340. The molecule has 2 aliphatic rings. The molecule has 1 N–H and O–H groups in total. The maximum atomic E-state index is 6.28. The predicted molar refractivity (Wildman–Crippen MR) is 123 cm³/mol. The number of anilines is 2. The van der Waals surface area contributed by atoms with E-state index in [1.807, 2.05) is 66.7 Å². The van der Waals surface area contributed by atoms with Crippen LogP contribution in [-0.2, 0) is 6.61 Å². The topological polar surface area (TPSA) is 65.5 Å². The first-order valence-electron chi connectivity index (χ1n) is 10.3. The molecule has 3 heterocycles. The lowest BCUT2D eigenvalue weighted by Crippen LogP contribution is -2.15. The Morgan fingerprint density at radius 1 is 0.750 bits per heavy atom. The molecule has 4 aromatic rings. The standard InChI is InChI=1S/C25H18ClN3O3/c26-16-5-3-4-15(12-16)23-19-14-32-20-7-2-1-6-18(20)24(19)29-25(28-23)27-17-8-9-21-22(13-17)31-11-10-30-21/h1-9,12-13H,10-11,14H2,(H,27,28,29). The van der Waals surface area contributed by atoms with Gasteiger partial charge in [0.05, 0.1) is 11.4 Å². The molecule has 7 heteroatoms. The zero-order valence-corrected chi connectivity index (χ0v) is 17.7. The third-order valence-electron chi connectivity index (χ3n) is 5.42. The first kappa shape index (κ1) is 19.0. The molecule has 32 heavy (non-hydrogen) atoms. The zero-order chi connectivity index (χ0) is 21.5. The number of ether oxygens (including phenoxy) is 3. The molecule has 6 rings (SSSR count). The average molecular weight is 444 g/mol. The van der Waals surface area contributed by atoms with E-state index < -0.39 is 0 Å². The van der Waals surface area contributed by atoms with Crippen LogP contribution < -0.4 is 19.5 Å². The number of benzene rings is 3. The van der Waals surface area contributed by atoms with Gasteiger partial charge in [0.2, 0.25) is 5.95 Å². The Hall–Kier alpha value is -3.77. The van der Waals surface area contributed by atoms with E-state index in [4.69, 9.17) is 35.8 Å². The van der Waals surface area contributed by atoms with Gasteiger partial charge in [-0.25, -0.2) is 9.97 Å². The quantitative estimate of drug-likeness (QED) is 0.427. The summed E-state index contributed by atoms with van der Waals surface area (Å²) < 4.78 is 17.3. The predicted octanol–water partition coefficient (Wildman–Crippen LogP) is 5.87. The molecule has 0 fully saturated rings. The molecular formula is C25H18ClN3O3. The van der Waals surface area contributed by atoms with Crippen molar-refractivity contribution >= 4 is 23.2 Å². The number of halogens is 1. The number of rotatable bonds is 3. The number of para-hydroxylation sites is 1. The summed E-state index contributed by atoms with van der Waals surface area (Å²) in [6, 6.07) is 21.3. The van der Waals surface area contributed by atoms with Crippen LogP contribution >= 0.6 is 11.6 Å². The second kappa shape index (κ2) is 7.73. The van der Waals surface area contributed by atoms with Gasteiger partial charge in [-0.2, -0.15) is 0 Å². The van der Waals surface area contributed by atoms with E-state index in [2.05, 4.69) is 5.32 Å². The van der Waals surface area contributed by atoms with Gasteiger partial charge in [-0.15, -0.1) is 0 Å². The van der Waals surface area contributed by atoms with Gasteiger partial charge in [0.25, 0.3) is 0 Å². The van der Waals surface area contributed by atoms with Crippen LogP contribution in [0.25, 0.3) is 22.5 Å². The number of fused-ring (bicyclic) bond motifs is 4. The van der Waals surface area contributed by atoms with Crippen LogP contribution in [0.2, 0.25) is 5.02 Å². The minimum absolute atomic E-state index is 0.387. The lowest BCUT2D eigenvalue weighted by atomic mass is 9.98. The van der Waals surface area contributed by atoms with Crippen LogP contribution in [0, 0.1) is 0 Å². The lowest BCUT2D eigenvalue weighted by molar-refractivity contribution is 0.171. The van der Waals surface area contributed by atoms with Crippen LogP contribution in [0.1, 0.15) is 5.56 Å². The summed E-state index contributed by atoms with van der Waals surface area (Å²) in [5.74, 6) is 2.72. The van der Waals surface area contributed by atoms with Crippen molar-refractivity contribution in [2.45, 2.75) is 6.61 Å². The molecule has 0 radical (unpaired) electrons. The first-order valence-corrected chi connectivity index (χ1v) is 10.7. The molecule has 2 aliphatic heterocycles. The van der Waals surface area contributed by atoms with Gasteiger partial charge in [-0.1, -0.05) is 35.9 Å². The normalized spacial score (nSPS) is 13.5. The molecule has 1 aromatic heterocycles.